The highest BCUT2D eigenvalue weighted by molar-refractivity contribution is 7.90. The van der Waals surface area contributed by atoms with E-state index in [9.17, 15) is 8.42 Å². The molecule has 4 nitrogen and oxygen atoms in total. The maximum absolute atomic E-state index is 11.5. The topological polar surface area (TPSA) is 50.3 Å². The van der Waals surface area contributed by atoms with Crippen LogP contribution in [0.1, 0.15) is 29.9 Å². The number of hydrogen-bond acceptors (Lipinski definition) is 4. The van der Waals surface area contributed by atoms with Crippen LogP contribution in [-0.2, 0) is 9.84 Å². The Morgan fingerprint density at radius 1 is 1.09 bits per heavy atom. The molecule has 0 N–H and O–H groups in total. The van der Waals surface area contributed by atoms with E-state index in [-0.39, 0.29) is 4.90 Å². The van der Waals surface area contributed by atoms with E-state index >= 15 is 0 Å². The SMILES string of the molecule is Cc1ccccc1C1CCN(c2ccc(S(C)(=O)=O)cn2)CC1. The van der Waals surface area contributed by atoms with E-state index in [1.165, 1.54) is 23.6 Å². The summed E-state index contributed by atoms with van der Waals surface area (Å²) in [4.78, 5) is 6.84. The molecule has 1 saturated heterocycles. The Kier molecular flexibility index (Phi) is 4.39. The maximum atomic E-state index is 11.5. The van der Waals surface area contributed by atoms with Gasteiger partial charge in [0.1, 0.15) is 5.82 Å². The number of rotatable bonds is 3. The monoisotopic (exact) mass is 330 g/mol. The van der Waals surface area contributed by atoms with Gasteiger partial charge in [-0.05, 0) is 48.9 Å². The lowest BCUT2D eigenvalue weighted by Crippen LogP contribution is -2.33. The summed E-state index contributed by atoms with van der Waals surface area (Å²) in [6.45, 7) is 4.07. The Balaban J connectivity index is 1.68. The number of sulfone groups is 1. The highest BCUT2D eigenvalue weighted by atomic mass is 32.2. The smallest absolute Gasteiger partial charge is 0.177 e. The summed E-state index contributed by atoms with van der Waals surface area (Å²) in [6, 6.07) is 12.1. The fourth-order valence-corrected chi connectivity index (χ4v) is 3.80. The van der Waals surface area contributed by atoms with E-state index < -0.39 is 9.84 Å². The number of pyridine rings is 1. The lowest BCUT2D eigenvalue weighted by molar-refractivity contribution is 0.501. The van der Waals surface area contributed by atoms with Gasteiger partial charge >= 0.3 is 0 Å². The Hall–Kier alpha value is -1.88. The number of aryl methyl sites for hydroxylation is 1. The van der Waals surface area contributed by atoms with Gasteiger partial charge in [-0.2, -0.15) is 0 Å². The minimum atomic E-state index is -3.18. The number of anilines is 1. The van der Waals surface area contributed by atoms with Crippen molar-refractivity contribution in [1.82, 2.24) is 4.98 Å². The molecule has 1 aliphatic rings. The summed E-state index contributed by atoms with van der Waals surface area (Å²) in [5.41, 5.74) is 2.81. The van der Waals surface area contributed by atoms with Crippen LogP contribution >= 0.6 is 0 Å². The van der Waals surface area contributed by atoms with E-state index in [4.69, 9.17) is 0 Å². The summed E-state index contributed by atoms with van der Waals surface area (Å²) >= 11 is 0. The zero-order valence-electron chi connectivity index (χ0n) is 13.6. The van der Waals surface area contributed by atoms with Crippen LogP contribution in [0.5, 0.6) is 0 Å². The molecule has 3 rings (SSSR count). The van der Waals surface area contributed by atoms with Crippen molar-refractivity contribution in [1.29, 1.82) is 0 Å². The van der Waals surface area contributed by atoms with E-state index in [1.54, 1.807) is 6.07 Å². The molecule has 1 aliphatic heterocycles. The lowest BCUT2D eigenvalue weighted by atomic mass is 9.87. The van der Waals surface area contributed by atoms with E-state index in [1.807, 2.05) is 6.07 Å². The molecule has 0 spiro atoms. The second-order valence-corrected chi connectivity index (χ2v) is 8.26. The van der Waals surface area contributed by atoms with Crippen molar-refractivity contribution < 1.29 is 8.42 Å². The molecule has 0 atom stereocenters. The molecule has 0 bridgehead atoms. The normalized spacial score (nSPS) is 16.5. The Morgan fingerprint density at radius 3 is 2.35 bits per heavy atom. The summed E-state index contributed by atoms with van der Waals surface area (Å²) < 4.78 is 23.0. The molecule has 0 unspecified atom stereocenters. The van der Waals surface area contributed by atoms with E-state index in [2.05, 4.69) is 41.1 Å². The number of aromatic nitrogens is 1. The maximum Gasteiger partial charge on any atom is 0.177 e. The number of nitrogens with zero attached hydrogens (tertiary/aromatic N) is 2. The van der Waals surface area contributed by atoms with Crippen LogP contribution in [-0.4, -0.2) is 32.7 Å². The molecule has 1 aromatic carbocycles. The fraction of sp³-hybridized carbons (Fsp3) is 0.389. The van der Waals surface area contributed by atoms with Gasteiger partial charge in [-0.3, -0.25) is 0 Å². The number of piperidine rings is 1. The molecule has 0 saturated carbocycles. The summed E-state index contributed by atoms with van der Waals surface area (Å²) in [5.74, 6) is 1.46. The van der Waals surface area contributed by atoms with Crippen LogP contribution in [0.25, 0.3) is 0 Å². The largest absolute Gasteiger partial charge is 0.357 e. The Bertz CT molecular complexity index is 777. The summed E-state index contributed by atoms with van der Waals surface area (Å²) in [5, 5.41) is 0. The van der Waals surface area contributed by atoms with Crippen LogP contribution in [0, 0.1) is 6.92 Å². The van der Waals surface area contributed by atoms with Crippen molar-refractivity contribution in [2.24, 2.45) is 0 Å². The van der Waals surface area contributed by atoms with Crippen LogP contribution in [0.15, 0.2) is 47.5 Å². The van der Waals surface area contributed by atoms with Crippen molar-refractivity contribution in [3.05, 3.63) is 53.7 Å². The minimum absolute atomic E-state index is 0.274. The molecular formula is C18H22N2O2S. The quantitative estimate of drug-likeness (QED) is 0.867. The molecule has 122 valence electrons. The zero-order valence-corrected chi connectivity index (χ0v) is 14.4. The fourth-order valence-electron chi connectivity index (χ4n) is 3.24. The first-order chi connectivity index (χ1) is 10.9. The van der Waals surface area contributed by atoms with E-state index in [0.29, 0.717) is 5.92 Å². The number of benzene rings is 1. The summed E-state index contributed by atoms with van der Waals surface area (Å²) in [7, 11) is -3.18. The molecule has 0 amide bonds. The van der Waals surface area contributed by atoms with Gasteiger partial charge in [-0.1, -0.05) is 24.3 Å². The third kappa shape index (κ3) is 3.55. The van der Waals surface area contributed by atoms with Crippen LogP contribution in [0.4, 0.5) is 5.82 Å². The van der Waals surface area contributed by atoms with Gasteiger partial charge in [0.2, 0.25) is 0 Å². The van der Waals surface area contributed by atoms with Gasteiger partial charge < -0.3 is 4.90 Å². The molecule has 2 heterocycles. The first kappa shape index (κ1) is 16.0. The standard InChI is InChI=1S/C18H22N2O2S/c1-14-5-3-4-6-17(14)15-9-11-20(12-10-15)18-8-7-16(13-19-18)23(2,21)22/h3-8,13,15H,9-12H2,1-2H3. The lowest BCUT2D eigenvalue weighted by Gasteiger charge is -2.33. The van der Waals surface area contributed by atoms with Gasteiger partial charge in [0.25, 0.3) is 0 Å². The van der Waals surface area contributed by atoms with Crippen molar-refractivity contribution in [3.63, 3.8) is 0 Å². The van der Waals surface area contributed by atoms with Crippen molar-refractivity contribution >= 4 is 15.7 Å². The molecule has 23 heavy (non-hydrogen) atoms. The molecule has 1 fully saturated rings. The number of hydrogen-bond donors (Lipinski definition) is 0. The van der Waals surface area contributed by atoms with Gasteiger partial charge in [0.05, 0.1) is 4.90 Å². The van der Waals surface area contributed by atoms with Gasteiger partial charge in [-0.25, -0.2) is 13.4 Å². The highest BCUT2D eigenvalue weighted by Crippen LogP contribution is 2.31. The molecule has 0 aliphatic carbocycles. The van der Waals surface area contributed by atoms with Crippen molar-refractivity contribution in [3.8, 4) is 0 Å². The second kappa shape index (κ2) is 6.32. The minimum Gasteiger partial charge on any atom is -0.357 e. The van der Waals surface area contributed by atoms with Gasteiger partial charge in [0.15, 0.2) is 9.84 Å². The third-order valence-corrected chi connectivity index (χ3v) is 5.69. The van der Waals surface area contributed by atoms with Crippen LogP contribution < -0.4 is 4.90 Å². The average molecular weight is 330 g/mol. The van der Waals surface area contributed by atoms with Crippen molar-refractivity contribution in [2.45, 2.75) is 30.6 Å². The molecule has 1 aromatic heterocycles. The Labute approximate surface area is 138 Å². The molecule has 2 aromatic rings. The van der Waals surface area contributed by atoms with Crippen LogP contribution in [0.2, 0.25) is 0 Å². The average Bonchev–Trinajstić information content (AvgIpc) is 2.55. The second-order valence-electron chi connectivity index (χ2n) is 6.24. The predicted octanol–water partition coefficient (Wildman–Crippen LogP) is 3.18. The van der Waals surface area contributed by atoms with Gasteiger partial charge in [-0.15, -0.1) is 0 Å². The zero-order chi connectivity index (χ0) is 16.4. The summed E-state index contributed by atoms with van der Waals surface area (Å²) in [6.07, 6.45) is 4.86. The van der Waals surface area contributed by atoms with E-state index in [0.717, 1.165) is 31.7 Å². The van der Waals surface area contributed by atoms with Crippen molar-refractivity contribution in [2.75, 3.05) is 24.2 Å². The Morgan fingerprint density at radius 2 is 1.78 bits per heavy atom. The highest BCUT2D eigenvalue weighted by Gasteiger charge is 2.22. The van der Waals surface area contributed by atoms with Crippen LogP contribution in [0.3, 0.4) is 0 Å². The predicted molar refractivity (Wildman–Crippen MR) is 92.7 cm³/mol. The molecule has 0 radical (unpaired) electrons. The first-order valence-electron chi connectivity index (χ1n) is 7.92. The molecule has 5 heteroatoms. The molecular weight excluding hydrogens is 308 g/mol. The first-order valence-corrected chi connectivity index (χ1v) is 9.81. The van der Waals surface area contributed by atoms with Gasteiger partial charge in [0, 0.05) is 25.5 Å². The third-order valence-electron chi connectivity index (χ3n) is 4.60.